The molecule has 0 aliphatic carbocycles. The molecule has 1 aliphatic rings. The van der Waals surface area contributed by atoms with Gasteiger partial charge < -0.3 is 20.1 Å². The van der Waals surface area contributed by atoms with Gasteiger partial charge in [0.2, 0.25) is 0 Å². The van der Waals surface area contributed by atoms with Crippen LogP contribution in [0.2, 0.25) is 5.02 Å². The minimum Gasteiger partial charge on any atom is -0.492 e. The predicted octanol–water partition coefficient (Wildman–Crippen LogP) is 6.46. The average Bonchev–Trinajstić information content (AvgIpc) is 2.92. The average molecular weight is 523 g/mol. The Morgan fingerprint density at radius 2 is 2.05 bits per heavy atom. The maximum Gasteiger partial charge on any atom is 0.410 e. The summed E-state index contributed by atoms with van der Waals surface area (Å²) in [5, 5.41) is 7.19. The number of benzene rings is 2. The van der Waals surface area contributed by atoms with Crippen molar-refractivity contribution in [1.29, 1.82) is 0 Å². The van der Waals surface area contributed by atoms with Gasteiger partial charge in [0.15, 0.2) is 0 Å². The number of ether oxygens (including phenoxy) is 2. The lowest BCUT2D eigenvalue weighted by atomic mass is 9.91. The molecule has 196 valence electrons. The molecule has 0 radical (unpaired) electrons. The predicted molar refractivity (Wildman–Crippen MR) is 152 cm³/mol. The summed E-state index contributed by atoms with van der Waals surface area (Å²) >= 11 is 6.31. The van der Waals surface area contributed by atoms with Crippen molar-refractivity contribution >= 4 is 35.7 Å². The van der Waals surface area contributed by atoms with Gasteiger partial charge in [-0.1, -0.05) is 35.9 Å². The molecule has 0 saturated carbocycles. The SMILES string of the molecule is C=N/C=C\C(=C/C)NCCOc1ccc(C2C=C(c3cc(Cl)ccc3NC)CCN2C(=O)OCC)cc1. The third-order valence-corrected chi connectivity index (χ3v) is 6.24. The molecule has 2 N–H and O–H groups in total. The number of amides is 1. The van der Waals surface area contributed by atoms with Gasteiger partial charge in [0, 0.05) is 48.3 Å². The summed E-state index contributed by atoms with van der Waals surface area (Å²) in [4.78, 5) is 18.3. The Morgan fingerprint density at radius 1 is 1.27 bits per heavy atom. The number of nitrogens with zero attached hydrogens (tertiary/aromatic N) is 2. The van der Waals surface area contributed by atoms with Crippen LogP contribution in [0, 0.1) is 0 Å². The number of carbonyl (C=O) groups is 1. The van der Waals surface area contributed by atoms with E-state index in [9.17, 15) is 4.79 Å². The highest BCUT2D eigenvalue weighted by molar-refractivity contribution is 6.30. The van der Waals surface area contributed by atoms with Crippen LogP contribution in [-0.2, 0) is 4.74 Å². The normalized spacial score (nSPS) is 15.8. The van der Waals surface area contributed by atoms with Crippen molar-refractivity contribution in [2.24, 2.45) is 4.99 Å². The molecule has 8 heteroatoms. The van der Waals surface area contributed by atoms with Gasteiger partial charge in [0.05, 0.1) is 12.6 Å². The maximum absolute atomic E-state index is 12.8. The number of halogens is 1. The molecule has 1 heterocycles. The number of hydrogen-bond donors (Lipinski definition) is 2. The molecule has 2 aromatic rings. The fourth-order valence-corrected chi connectivity index (χ4v) is 4.34. The molecule has 7 nitrogen and oxygen atoms in total. The van der Waals surface area contributed by atoms with Crippen LogP contribution in [0.3, 0.4) is 0 Å². The van der Waals surface area contributed by atoms with E-state index in [0.717, 1.165) is 33.8 Å². The van der Waals surface area contributed by atoms with Crippen molar-refractivity contribution in [3.05, 3.63) is 88.7 Å². The number of carbonyl (C=O) groups excluding carboxylic acids is 1. The number of hydrogen-bond acceptors (Lipinski definition) is 6. The molecule has 1 amide bonds. The first kappa shape index (κ1) is 27.9. The molecule has 2 aromatic carbocycles. The zero-order valence-electron chi connectivity index (χ0n) is 21.7. The highest BCUT2D eigenvalue weighted by Crippen LogP contribution is 2.37. The van der Waals surface area contributed by atoms with Gasteiger partial charge in [-0.15, -0.1) is 0 Å². The van der Waals surface area contributed by atoms with Crippen molar-refractivity contribution in [1.82, 2.24) is 10.2 Å². The highest BCUT2D eigenvalue weighted by Gasteiger charge is 2.29. The second kappa shape index (κ2) is 14.1. The van der Waals surface area contributed by atoms with Gasteiger partial charge in [-0.3, -0.25) is 9.89 Å². The molecular formula is C29H35ClN4O3. The first-order valence-corrected chi connectivity index (χ1v) is 12.8. The minimum atomic E-state index is -0.324. The Labute approximate surface area is 224 Å². The summed E-state index contributed by atoms with van der Waals surface area (Å²) in [7, 11) is 1.89. The first-order chi connectivity index (χ1) is 18.0. The van der Waals surface area contributed by atoms with Crippen LogP contribution in [-0.4, -0.2) is 51.1 Å². The van der Waals surface area contributed by atoms with Crippen molar-refractivity contribution in [2.75, 3.05) is 38.7 Å². The van der Waals surface area contributed by atoms with Gasteiger partial charge in [-0.05, 0) is 74.5 Å². The molecule has 37 heavy (non-hydrogen) atoms. The van der Waals surface area contributed by atoms with E-state index < -0.39 is 0 Å². The quantitative estimate of drug-likeness (QED) is 0.201. The number of anilines is 1. The number of nitrogens with one attached hydrogen (secondary N) is 2. The second-order valence-electron chi connectivity index (χ2n) is 8.31. The zero-order valence-corrected chi connectivity index (χ0v) is 22.4. The number of rotatable bonds is 11. The van der Waals surface area contributed by atoms with E-state index in [1.165, 1.54) is 0 Å². The summed E-state index contributed by atoms with van der Waals surface area (Å²) in [6.07, 6.45) is 7.95. The van der Waals surface area contributed by atoms with E-state index in [1.54, 1.807) is 11.1 Å². The maximum atomic E-state index is 12.8. The Balaban J connectivity index is 1.77. The Morgan fingerprint density at radius 3 is 2.73 bits per heavy atom. The van der Waals surface area contributed by atoms with Crippen molar-refractivity contribution in [3.8, 4) is 5.75 Å². The molecule has 1 atom stereocenters. The zero-order chi connectivity index (χ0) is 26.6. The van der Waals surface area contributed by atoms with Crippen LogP contribution in [0.4, 0.5) is 10.5 Å². The fraction of sp³-hybridized carbons (Fsp3) is 0.310. The van der Waals surface area contributed by atoms with Gasteiger partial charge in [-0.25, -0.2) is 4.79 Å². The van der Waals surface area contributed by atoms with Crippen LogP contribution in [0.5, 0.6) is 5.75 Å². The van der Waals surface area contributed by atoms with E-state index in [-0.39, 0.29) is 12.1 Å². The molecule has 0 spiro atoms. The summed E-state index contributed by atoms with van der Waals surface area (Å²) in [5.74, 6) is 0.755. The van der Waals surface area contributed by atoms with Gasteiger partial charge in [0.1, 0.15) is 12.4 Å². The monoisotopic (exact) mass is 522 g/mol. The van der Waals surface area contributed by atoms with Crippen LogP contribution in [0.25, 0.3) is 5.57 Å². The molecule has 1 aliphatic heterocycles. The lowest BCUT2D eigenvalue weighted by Crippen LogP contribution is -2.37. The smallest absolute Gasteiger partial charge is 0.410 e. The molecule has 0 bridgehead atoms. The summed E-state index contributed by atoms with van der Waals surface area (Å²) in [6, 6.07) is 13.4. The van der Waals surface area contributed by atoms with Crippen molar-refractivity contribution < 1.29 is 14.3 Å². The molecule has 1 unspecified atom stereocenters. The van der Waals surface area contributed by atoms with Crippen LogP contribution < -0.4 is 15.4 Å². The van der Waals surface area contributed by atoms with E-state index in [0.29, 0.717) is 37.7 Å². The molecule has 3 rings (SSSR count). The van der Waals surface area contributed by atoms with E-state index >= 15 is 0 Å². The first-order valence-electron chi connectivity index (χ1n) is 12.4. The van der Waals surface area contributed by atoms with Gasteiger partial charge >= 0.3 is 6.09 Å². The molecule has 0 saturated heterocycles. The molecular weight excluding hydrogens is 488 g/mol. The van der Waals surface area contributed by atoms with Crippen LogP contribution in [0.15, 0.2) is 77.6 Å². The Kier molecular flexibility index (Phi) is 10.6. The van der Waals surface area contributed by atoms with Crippen molar-refractivity contribution in [2.45, 2.75) is 26.3 Å². The minimum absolute atomic E-state index is 0.273. The van der Waals surface area contributed by atoms with E-state index in [4.69, 9.17) is 21.1 Å². The standard InChI is InChI=1S/C29H35ClN4O3/c1-5-24(13-15-31-3)33-16-18-37-25-10-7-21(8-11-25)28-19-22(14-17-34(28)29(35)36-6-2)26-20-23(30)9-12-27(26)32-4/h5,7-13,15,19-20,28,32-33H,3,6,14,16-18H2,1-2,4H3/b15-13-,24-5+. The largest absolute Gasteiger partial charge is 0.492 e. The lowest BCUT2D eigenvalue weighted by molar-refractivity contribution is 0.0968. The summed E-state index contributed by atoms with van der Waals surface area (Å²) < 4.78 is 11.3. The Bertz CT molecular complexity index is 1160. The highest BCUT2D eigenvalue weighted by atomic mass is 35.5. The van der Waals surface area contributed by atoms with E-state index in [1.807, 2.05) is 75.5 Å². The topological polar surface area (TPSA) is 75.2 Å². The van der Waals surface area contributed by atoms with Crippen LogP contribution in [0.1, 0.15) is 37.4 Å². The molecule has 0 fully saturated rings. The third-order valence-electron chi connectivity index (χ3n) is 6.01. The lowest BCUT2D eigenvalue weighted by Gasteiger charge is -2.34. The third kappa shape index (κ3) is 7.64. The van der Waals surface area contributed by atoms with Crippen LogP contribution >= 0.6 is 11.6 Å². The summed E-state index contributed by atoms with van der Waals surface area (Å²) in [6.45, 7) is 9.21. The fourth-order valence-electron chi connectivity index (χ4n) is 4.17. The number of aliphatic imine (C=N–C) groups is 1. The molecule has 0 aromatic heterocycles. The van der Waals surface area contributed by atoms with Gasteiger partial charge in [-0.2, -0.15) is 0 Å². The Hall–Kier alpha value is -3.71. The second-order valence-corrected chi connectivity index (χ2v) is 8.74. The summed E-state index contributed by atoms with van der Waals surface area (Å²) in [5.41, 5.74) is 5.08. The van der Waals surface area contributed by atoms with E-state index in [2.05, 4.69) is 28.4 Å². The van der Waals surface area contributed by atoms with Crippen molar-refractivity contribution in [3.63, 3.8) is 0 Å². The number of allylic oxidation sites excluding steroid dienone is 2. The van der Waals surface area contributed by atoms with Gasteiger partial charge in [0.25, 0.3) is 0 Å².